The lowest BCUT2D eigenvalue weighted by molar-refractivity contribution is -0.713. The van der Waals surface area contributed by atoms with Gasteiger partial charge in [0.25, 0.3) is 0 Å². The first kappa shape index (κ1) is 17.7. The summed E-state index contributed by atoms with van der Waals surface area (Å²) in [7, 11) is 1.36. The molecular weight excluding hydrogens is 292 g/mol. The van der Waals surface area contributed by atoms with Crippen LogP contribution in [0.25, 0.3) is 0 Å². The standard InChI is InChI=1S/C18H28N2O3/c1-10-8-6-7-9-14(10)19-13(4)17(21)16-11(2)15(12(3)20-16)18(22)23-5/h10,13-14,19-20H,6-9H2,1-5H3/p+1/t10-,13-,14+/m0/s1. The number of aryl methyl sites for hydroxylation is 1. The van der Waals surface area contributed by atoms with E-state index in [-0.39, 0.29) is 11.8 Å². The molecule has 1 fully saturated rings. The zero-order chi connectivity index (χ0) is 17.1. The first-order valence-corrected chi connectivity index (χ1v) is 8.53. The predicted molar refractivity (Wildman–Crippen MR) is 88.7 cm³/mol. The third-order valence-electron chi connectivity index (χ3n) is 5.20. The molecule has 0 bridgehead atoms. The predicted octanol–water partition coefficient (Wildman–Crippen LogP) is 2.13. The van der Waals surface area contributed by atoms with E-state index >= 15 is 0 Å². The highest BCUT2D eigenvalue weighted by molar-refractivity contribution is 6.03. The lowest BCUT2D eigenvalue weighted by atomic mass is 9.85. The molecule has 128 valence electrons. The van der Waals surface area contributed by atoms with Crippen LogP contribution < -0.4 is 5.32 Å². The quantitative estimate of drug-likeness (QED) is 0.644. The molecule has 0 spiro atoms. The summed E-state index contributed by atoms with van der Waals surface area (Å²) in [4.78, 5) is 27.8. The third-order valence-corrected chi connectivity index (χ3v) is 5.20. The van der Waals surface area contributed by atoms with Gasteiger partial charge in [-0.2, -0.15) is 0 Å². The fourth-order valence-corrected chi connectivity index (χ4v) is 3.72. The van der Waals surface area contributed by atoms with Crippen molar-refractivity contribution in [3.63, 3.8) is 0 Å². The van der Waals surface area contributed by atoms with Crippen molar-refractivity contribution in [2.75, 3.05) is 7.11 Å². The zero-order valence-electron chi connectivity index (χ0n) is 14.9. The number of ketones is 1. The Kier molecular flexibility index (Phi) is 5.63. The zero-order valence-corrected chi connectivity index (χ0v) is 14.9. The van der Waals surface area contributed by atoms with Crippen LogP contribution in [0.15, 0.2) is 0 Å². The molecule has 0 saturated heterocycles. The number of esters is 1. The molecule has 0 radical (unpaired) electrons. The number of hydrogen-bond donors (Lipinski definition) is 2. The summed E-state index contributed by atoms with van der Waals surface area (Å²) in [5.74, 6) is 0.308. The number of carbonyl (C=O) groups is 2. The number of quaternary nitrogens is 1. The molecule has 1 aliphatic carbocycles. The molecule has 5 heteroatoms. The first-order chi connectivity index (χ1) is 10.9. The molecule has 0 aromatic carbocycles. The lowest BCUT2D eigenvalue weighted by Crippen LogP contribution is -2.97. The van der Waals surface area contributed by atoms with Crippen LogP contribution in [-0.4, -0.2) is 35.9 Å². The molecule has 0 aliphatic heterocycles. The SMILES string of the molecule is COC(=O)c1c(C)[nH]c(C(=O)[C@H](C)[NH2+][C@@H]2CCCC[C@@H]2C)c1C. The number of rotatable bonds is 5. The summed E-state index contributed by atoms with van der Waals surface area (Å²) >= 11 is 0. The van der Waals surface area contributed by atoms with Crippen molar-refractivity contribution in [3.8, 4) is 0 Å². The van der Waals surface area contributed by atoms with Gasteiger partial charge in [0, 0.05) is 11.6 Å². The number of methoxy groups -OCH3 is 1. The van der Waals surface area contributed by atoms with Crippen molar-refractivity contribution in [1.82, 2.24) is 4.98 Å². The second kappa shape index (κ2) is 7.30. The maximum atomic E-state index is 12.8. The maximum absolute atomic E-state index is 12.8. The molecule has 0 unspecified atom stereocenters. The van der Waals surface area contributed by atoms with Crippen LogP contribution in [0.1, 0.15) is 71.6 Å². The number of aromatic amines is 1. The van der Waals surface area contributed by atoms with Crippen LogP contribution in [0.4, 0.5) is 0 Å². The Balaban J connectivity index is 2.15. The highest BCUT2D eigenvalue weighted by Gasteiger charge is 2.31. The molecule has 1 heterocycles. The van der Waals surface area contributed by atoms with Gasteiger partial charge in [0.05, 0.1) is 24.4 Å². The maximum Gasteiger partial charge on any atom is 0.339 e. The van der Waals surface area contributed by atoms with E-state index in [0.717, 1.165) is 0 Å². The second-order valence-electron chi connectivity index (χ2n) is 6.89. The van der Waals surface area contributed by atoms with Crippen LogP contribution in [0, 0.1) is 19.8 Å². The van der Waals surface area contributed by atoms with Crippen molar-refractivity contribution in [2.45, 2.75) is 65.5 Å². The Labute approximate surface area is 138 Å². The molecule has 1 saturated carbocycles. The normalized spacial score (nSPS) is 22.7. The van der Waals surface area contributed by atoms with E-state index in [4.69, 9.17) is 4.74 Å². The topological polar surface area (TPSA) is 75.8 Å². The molecule has 1 aromatic rings. The number of H-pyrrole nitrogens is 1. The number of carbonyl (C=O) groups excluding carboxylic acids is 2. The van der Waals surface area contributed by atoms with Crippen molar-refractivity contribution in [1.29, 1.82) is 0 Å². The van der Waals surface area contributed by atoms with E-state index < -0.39 is 5.97 Å². The van der Waals surface area contributed by atoms with Gasteiger partial charge in [-0.1, -0.05) is 13.3 Å². The van der Waals surface area contributed by atoms with Crippen molar-refractivity contribution in [3.05, 3.63) is 22.5 Å². The van der Waals surface area contributed by atoms with Crippen LogP contribution in [0.2, 0.25) is 0 Å². The average molecular weight is 321 g/mol. The Morgan fingerprint density at radius 1 is 1.26 bits per heavy atom. The van der Waals surface area contributed by atoms with Gasteiger partial charge >= 0.3 is 5.97 Å². The molecule has 3 N–H and O–H groups in total. The fraction of sp³-hybridized carbons (Fsp3) is 0.667. The van der Waals surface area contributed by atoms with E-state index in [1.165, 1.54) is 32.8 Å². The van der Waals surface area contributed by atoms with Gasteiger partial charge in [-0.05, 0) is 45.6 Å². The number of ether oxygens (including phenoxy) is 1. The van der Waals surface area contributed by atoms with E-state index in [0.29, 0.717) is 34.5 Å². The second-order valence-corrected chi connectivity index (χ2v) is 6.89. The summed E-state index contributed by atoms with van der Waals surface area (Å²) in [6, 6.07) is 0.363. The lowest BCUT2D eigenvalue weighted by Gasteiger charge is -2.28. The number of nitrogens with one attached hydrogen (secondary N) is 1. The fourth-order valence-electron chi connectivity index (χ4n) is 3.72. The molecule has 1 aliphatic rings. The van der Waals surface area contributed by atoms with E-state index in [2.05, 4.69) is 17.2 Å². The van der Waals surface area contributed by atoms with Gasteiger partial charge in [0.15, 0.2) is 0 Å². The van der Waals surface area contributed by atoms with Gasteiger partial charge in [-0.15, -0.1) is 0 Å². The first-order valence-electron chi connectivity index (χ1n) is 8.53. The van der Waals surface area contributed by atoms with Crippen LogP contribution in [-0.2, 0) is 4.74 Å². The minimum atomic E-state index is -0.396. The highest BCUT2D eigenvalue weighted by atomic mass is 16.5. The van der Waals surface area contributed by atoms with E-state index in [1.807, 2.05) is 6.92 Å². The summed E-state index contributed by atoms with van der Waals surface area (Å²) in [6.07, 6.45) is 4.97. The average Bonchev–Trinajstić information content (AvgIpc) is 2.82. The van der Waals surface area contributed by atoms with E-state index in [1.54, 1.807) is 13.8 Å². The van der Waals surface area contributed by atoms with Crippen LogP contribution in [0.3, 0.4) is 0 Å². The Morgan fingerprint density at radius 2 is 1.91 bits per heavy atom. The van der Waals surface area contributed by atoms with E-state index in [9.17, 15) is 9.59 Å². The number of Topliss-reactive ketones (excluding diaryl/α,β-unsaturated/α-hetero) is 1. The van der Waals surface area contributed by atoms with Crippen molar-refractivity contribution in [2.24, 2.45) is 5.92 Å². The van der Waals surface area contributed by atoms with Gasteiger partial charge < -0.3 is 15.0 Å². The summed E-state index contributed by atoms with van der Waals surface area (Å²) in [5, 5.41) is 2.21. The smallest absolute Gasteiger partial charge is 0.339 e. The summed E-state index contributed by atoms with van der Waals surface area (Å²) < 4.78 is 4.81. The van der Waals surface area contributed by atoms with Crippen molar-refractivity contribution >= 4 is 11.8 Å². The van der Waals surface area contributed by atoms with Gasteiger partial charge in [-0.25, -0.2) is 4.79 Å². The Hall–Kier alpha value is -1.62. The Bertz CT molecular complexity index is 591. The van der Waals surface area contributed by atoms with Crippen LogP contribution in [0.5, 0.6) is 0 Å². The van der Waals surface area contributed by atoms with Gasteiger partial charge in [0.1, 0.15) is 6.04 Å². The largest absolute Gasteiger partial charge is 0.465 e. The molecule has 3 atom stereocenters. The van der Waals surface area contributed by atoms with Gasteiger partial charge in [0.2, 0.25) is 5.78 Å². The monoisotopic (exact) mass is 321 g/mol. The molecule has 23 heavy (non-hydrogen) atoms. The minimum absolute atomic E-state index is 0.0542. The third kappa shape index (κ3) is 3.66. The van der Waals surface area contributed by atoms with Crippen molar-refractivity contribution < 1.29 is 19.6 Å². The number of nitrogens with two attached hydrogens (primary N) is 1. The van der Waals surface area contributed by atoms with Crippen LogP contribution >= 0.6 is 0 Å². The Morgan fingerprint density at radius 3 is 2.52 bits per heavy atom. The summed E-state index contributed by atoms with van der Waals surface area (Å²) in [6.45, 7) is 7.83. The molecule has 2 rings (SSSR count). The minimum Gasteiger partial charge on any atom is -0.465 e. The molecule has 0 amide bonds. The molecule has 5 nitrogen and oxygen atoms in total. The highest BCUT2D eigenvalue weighted by Crippen LogP contribution is 2.22. The van der Waals surface area contributed by atoms with Gasteiger partial charge in [-0.3, -0.25) is 4.79 Å². The number of aromatic nitrogens is 1. The molecule has 1 aromatic heterocycles. The number of hydrogen-bond acceptors (Lipinski definition) is 3. The molecular formula is C18H29N2O3+. The summed E-state index contributed by atoms with van der Waals surface area (Å²) in [5.41, 5.74) is 2.40.